The van der Waals surface area contributed by atoms with Crippen LogP contribution >= 0.6 is 11.6 Å². The van der Waals surface area contributed by atoms with Crippen LogP contribution in [0.25, 0.3) is 0 Å². The van der Waals surface area contributed by atoms with Crippen molar-refractivity contribution < 1.29 is 24.0 Å². The van der Waals surface area contributed by atoms with E-state index in [1.165, 1.54) is 36.4 Å². The Morgan fingerprint density at radius 3 is 2.42 bits per heavy atom. The summed E-state index contributed by atoms with van der Waals surface area (Å²) in [6.45, 7) is 0.299. The van der Waals surface area contributed by atoms with Gasteiger partial charge in [-0.3, -0.25) is 24.5 Å². The molecular formula is C18H12ClNO6. The van der Waals surface area contributed by atoms with Crippen molar-refractivity contribution in [3.8, 4) is 5.75 Å². The predicted octanol–water partition coefficient (Wildman–Crippen LogP) is 3.09. The van der Waals surface area contributed by atoms with Crippen molar-refractivity contribution >= 4 is 34.6 Å². The van der Waals surface area contributed by atoms with E-state index in [0.717, 1.165) is 6.07 Å². The third-order valence-electron chi connectivity index (χ3n) is 4.02. The molecule has 0 bridgehead atoms. The normalized spacial score (nSPS) is 15.7. The maximum absolute atomic E-state index is 12.7. The second-order valence-electron chi connectivity index (χ2n) is 5.54. The summed E-state index contributed by atoms with van der Waals surface area (Å²) in [6.07, 6.45) is 0. The predicted molar refractivity (Wildman–Crippen MR) is 92.2 cm³/mol. The first kappa shape index (κ1) is 17.8. The summed E-state index contributed by atoms with van der Waals surface area (Å²) in [5.41, 5.74) is -0.723. The summed E-state index contributed by atoms with van der Waals surface area (Å²) in [4.78, 5) is 48.1. The Balaban J connectivity index is 1.92. The number of hydrogen-bond donors (Lipinski definition) is 0. The molecule has 2 aromatic carbocycles. The molecule has 2 aromatic rings. The highest BCUT2D eigenvalue weighted by Gasteiger charge is 2.47. The van der Waals surface area contributed by atoms with Crippen LogP contribution in [0.15, 0.2) is 42.5 Å². The van der Waals surface area contributed by atoms with E-state index in [2.05, 4.69) is 0 Å². The molecule has 3 rings (SSSR count). The number of carbonyl (C=O) groups is 3. The average molecular weight is 374 g/mol. The number of halogens is 1. The van der Waals surface area contributed by atoms with E-state index < -0.39 is 33.9 Å². The minimum atomic E-state index is -1.60. The van der Waals surface area contributed by atoms with E-state index in [1.54, 1.807) is 0 Å². The Labute approximate surface area is 152 Å². The van der Waals surface area contributed by atoms with Crippen LogP contribution in [-0.2, 0) is 0 Å². The standard InChI is InChI=1S/C18H12ClNO6/c19-8-9-26-11-6-4-10(5-7-11)16(21)15-17(22)12-2-1-3-13(20(24)25)14(12)18(15)23/h1-7,15H,8-9H2. The number of fused-ring (bicyclic) bond motifs is 1. The van der Waals surface area contributed by atoms with Crippen molar-refractivity contribution in [2.45, 2.75) is 0 Å². The van der Waals surface area contributed by atoms with E-state index in [9.17, 15) is 24.5 Å². The molecule has 8 heteroatoms. The van der Waals surface area contributed by atoms with Crippen molar-refractivity contribution in [2.75, 3.05) is 12.5 Å². The van der Waals surface area contributed by atoms with Gasteiger partial charge < -0.3 is 4.74 Å². The van der Waals surface area contributed by atoms with Crippen molar-refractivity contribution in [2.24, 2.45) is 5.92 Å². The number of Topliss-reactive ketones (excluding diaryl/α,β-unsaturated/α-hetero) is 3. The first-order valence-corrected chi connectivity index (χ1v) is 8.18. The van der Waals surface area contributed by atoms with Crippen LogP contribution in [-0.4, -0.2) is 34.8 Å². The highest BCUT2D eigenvalue weighted by Crippen LogP contribution is 2.35. The molecule has 0 aromatic heterocycles. The molecule has 1 aliphatic rings. The monoisotopic (exact) mass is 373 g/mol. The lowest BCUT2D eigenvalue weighted by Gasteiger charge is -2.08. The molecule has 0 radical (unpaired) electrons. The number of carbonyl (C=O) groups excluding carboxylic acids is 3. The number of rotatable bonds is 6. The molecule has 0 saturated carbocycles. The number of nitro benzene ring substituents is 1. The topological polar surface area (TPSA) is 104 Å². The van der Waals surface area contributed by atoms with Crippen LogP contribution in [0.5, 0.6) is 5.75 Å². The maximum atomic E-state index is 12.7. The minimum absolute atomic E-state index is 0.0929. The Hall–Kier alpha value is -3.06. The van der Waals surface area contributed by atoms with Gasteiger partial charge >= 0.3 is 0 Å². The smallest absolute Gasteiger partial charge is 0.280 e. The van der Waals surface area contributed by atoms with Gasteiger partial charge in [0.1, 0.15) is 23.8 Å². The van der Waals surface area contributed by atoms with Crippen LogP contribution in [0.3, 0.4) is 0 Å². The molecule has 0 heterocycles. The van der Waals surface area contributed by atoms with E-state index in [-0.39, 0.29) is 16.7 Å². The molecule has 0 amide bonds. The summed E-state index contributed by atoms with van der Waals surface area (Å²) in [7, 11) is 0. The zero-order valence-corrected chi connectivity index (χ0v) is 14.1. The number of hydrogen-bond acceptors (Lipinski definition) is 6. The van der Waals surface area contributed by atoms with Crippen molar-refractivity contribution in [1.29, 1.82) is 0 Å². The SMILES string of the molecule is O=C(c1ccc(OCCCl)cc1)C1C(=O)c2cccc([N+](=O)[O-])c2C1=O. The second-order valence-corrected chi connectivity index (χ2v) is 5.92. The van der Waals surface area contributed by atoms with Gasteiger partial charge in [-0.25, -0.2) is 0 Å². The van der Waals surface area contributed by atoms with Crippen molar-refractivity contribution in [1.82, 2.24) is 0 Å². The molecule has 1 unspecified atom stereocenters. The van der Waals surface area contributed by atoms with Gasteiger partial charge in [-0.1, -0.05) is 12.1 Å². The van der Waals surface area contributed by atoms with E-state index in [0.29, 0.717) is 18.2 Å². The summed E-state index contributed by atoms with van der Waals surface area (Å²) in [5.74, 6) is -3.06. The largest absolute Gasteiger partial charge is 0.492 e. The number of ether oxygens (including phenoxy) is 1. The average Bonchev–Trinajstić information content (AvgIpc) is 2.90. The number of ketones is 3. The van der Waals surface area contributed by atoms with Gasteiger partial charge in [0, 0.05) is 17.2 Å². The molecule has 7 nitrogen and oxygen atoms in total. The number of nitrogens with zero attached hydrogens (tertiary/aromatic N) is 1. The summed E-state index contributed by atoms with van der Waals surface area (Å²) in [6, 6.07) is 9.70. The number of nitro groups is 1. The molecule has 0 aliphatic heterocycles. The fourth-order valence-electron chi connectivity index (χ4n) is 2.85. The fourth-order valence-corrected chi connectivity index (χ4v) is 2.93. The van der Waals surface area contributed by atoms with Gasteiger partial charge in [0.25, 0.3) is 5.69 Å². The lowest BCUT2D eigenvalue weighted by molar-refractivity contribution is -0.385. The highest BCUT2D eigenvalue weighted by molar-refractivity contribution is 6.38. The van der Waals surface area contributed by atoms with Gasteiger partial charge in [-0.05, 0) is 24.3 Å². The number of benzene rings is 2. The van der Waals surface area contributed by atoms with Crippen LogP contribution in [0.2, 0.25) is 0 Å². The minimum Gasteiger partial charge on any atom is -0.492 e. The maximum Gasteiger partial charge on any atom is 0.280 e. The van der Waals surface area contributed by atoms with E-state index in [4.69, 9.17) is 16.3 Å². The molecule has 0 spiro atoms. The quantitative estimate of drug-likeness (QED) is 0.253. The first-order valence-electron chi connectivity index (χ1n) is 7.64. The lowest BCUT2D eigenvalue weighted by atomic mass is 9.93. The molecule has 1 atom stereocenters. The lowest BCUT2D eigenvalue weighted by Crippen LogP contribution is -2.25. The highest BCUT2D eigenvalue weighted by atomic mass is 35.5. The zero-order valence-electron chi connectivity index (χ0n) is 13.3. The van der Waals surface area contributed by atoms with Gasteiger partial charge in [0.15, 0.2) is 17.3 Å². The Morgan fingerprint density at radius 2 is 1.81 bits per heavy atom. The molecule has 1 aliphatic carbocycles. The molecular weight excluding hydrogens is 362 g/mol. The first-order chi connectivity index (χ1) is 12.5. The fraction of sp³-hybridized carbons (Fsp3) is 0.167. The van der Waals surface area contributed by atoms with Gasteiger partial charge in [0.2, 0.25) is 0 Å². The van der Waals surface area contributed by atoms with Crippen LogP contribution in [0.1, 0.15) is 31.1 Å². The summed E-state index contributed by atoms with van der Waals surface area (Å²) in [5, 5.41) is 11.1. The van der Waals surface area contributed by atoms with E-state index in [1.807, 2.05) is 0 Å². The summed E-state index contributed by atoms with van der Waals surface area (Å²) >= 11 is 5.53. The third-order valence-corrected chi connectivity index (χ3v) is 4.18. The van der Waals surface area contributed by atoms with Gasteiger partial charge in [-0.15, -0.1) is 11.6 Å². The third kappa shape index (κ3) is 2.97. The molecule has 0 fully saturated rings. The molecule has 0 saturated heterocycles. The molecule has 0 N–H and O–H groups in total. The van der Waals surface area contributed by atoms with Gasteiger partial charge in [-0.2, -0.15) is 0 Å². The Morgan fingerprint density at radius 1 is 1.12 bits per heavy atom. The van der Waals surface area contributed by atoms with Crippen LogP contribution < -0.4 is 4.74 Å². The van der Waals surface area contributed by atoms with E-state index >= 15 is 0 Å². The van der Waals surface area contributed by atoms with Crippen molar-refractivity contribution in [3.05, 3.63) is 69.3 Å². The van der Waals surface area contributed by atoms with Crippen LogP contribution in [0, 0.1) is 16.0 Å². The number of alkyl halides is 1. The van der Waals surface area contributed by atoms with Crippen molar-refractivity contribution in [3.63, 3.8) is 0 Å². The Kier molecular flexibility index (Phi) is 4.81. The molecule has 132 valence electrons. The zero-order chi connectivity index (χ0) is 18.8. The van der Waals surface area contributed by atoms with Gasteiger partial charge in [0.05, 0.1) is 10.8 Å². The molecule has 26 heavy (non-hydrogen) atoms. The second kappa shape index (κ2) is 7.05. The Bertz CT molecular complexity index is 922. The summed E-state index contributed by atoms with van der Waals surface area (Å²) < 4.78 is 5.30. The van der Waals surface area contributed by atoms with Crippen LogP contribution in [0.4, 0.5) is 5.69 Å².